The van der Waals surface area contributed by atoms with Gasteiger partial charge in [-0.1, -0.05) is 31.2 Å². The predicted octanol–water partition coefficient (Wildman–Crippen LogP) is 1.82. The molecule has 0 aliphatic carbocycles. The Bertz CT molecular complexity index is 456. The van der Waals surface area contributed by atoms with Gasteiger partial charge in [-0.2, -0.15) is 0 Å². The van der Waals surface area contributed by atoms with Gasteiger partial charge < -0.3 is 15.7 Å². The first-order chi connectivity index (χ1) is 10.2. The Kier molecular flexibility index (Phi) is 6.21. The topological polar surface area (TPSA) is 61.4 Å². The molecule has 1 aromatic rings. The monoisotopic (exact) mass is 290 g/mol. The number of carbonyl (C=O) groups is 1. The average Bonchev–Trinajstić information content (AvgIpc) is 2.54. The van der Waals surface area contributed by atoms with E-state index in [1.165, 1.54) is 12.8 Å². The van der Waals surface area contributed by atoms with Crippen LogP contribution in [0.5, 0.6) is 0 Å². The van der Waals surface area contributed by atoms with E-state index in [2.05, 4.69) is 17.6 Å². The fourth-order valence-corrected chi connectivity index (χ4v) is 2.98. The number of rotatable bonds is 6. The molecule has 1 fully saturated rings. The van der Waals surface area contributed by atoms with Gasteiger partial charge in [0.15, 0.2) is 0 Å². The van der Waals surface area contributed by atoms with E-state index >= 15 is 0 Å². The summed E-state index contributed by atoms with van der Waals surface area (Å²) in [4.78, 5) is 12.0. The molecule has 116 valence electrons. The van der Waals surface area contributed by atoms with Crippen molar-refractivity contribution in [3.05, 3.63) is 35.4 Å². The Morgan fingerprint density at radius 2 is 2.10 bits per heavy atom. The molecule has 4 nitrogen and oxygen atoms in total. The highest BCUT2D eigenvalue weighted by Crippen LogP contribution is 2.24. The molecule has 4 heteroatoms. The van der Waals surface area contributed by atoms with Crippen LogP contribution >= 0.6 is 0 Å². The van der Waals surface area contributed by atoms with E-state index in [0.717, 1.165) is 24.2 Å². The smallest absolute Gasteiger partial charge is 0.220 e. The molecular weight excluding hydrogens is 264 g/mol. The second-order valence-corrected chi connectivity index (χ2v) is 6.02. The van der Waals surface area contributed by atoms with Crippen molar-refractivity contribution in [2.75, 3.05) is 13.1 Å². The predicted molar refractivity (Wildman–Crippen MR) is 83.6 cm³/mol. The maximum atomic E-state index is 12.0. The number of aliphatic hydroxyl groups excluding tert-OH is 1. The highest BCUT2D eigenvalue weighted by Gasteiger charge is 2.21. The summed E-state index contributed by atoms with van der Waals surface area (Å²) < 4.78 is 0. The number of aliphatic hydroxyl groups is 1. The number of hydrogen-bond donors (Lipinski definition) is 3. The van der Waals surface area contributed by atoms with Crippen molar-refractivity contribution >= 4 is 5.91 Å². The minimum atomic E-state index is 0.0362. The van der Waals surface area contributed by atoms with Gasteiger partial charge in [-0.15, -0.1) is 0 Å². The van der Waals surface area contributed by atoms with Crippen molar-refractivity contribution in [2.24, 2.45) is 11.8 Å². The molecule has 1 aliphatic rings. The Morgan fingerprint density at radius 1 is 1.38 bits per heavy atom. The minimum absolute atomic E-state index is 0.0362. The number of carbonyl (C=O) groups excluding carboxylic acids is 1. The zero-order valence-electron chi connectivity index (χ0n) is 12.8. The first kappa shape index (κ1) is 16.0. The maximum Gasteiger partial charge on any atom is 0.220 e. The van der Waals surface area contributed by atoms with E-state index in [1.807, 2.05) is 24.3 Å². The largest absolute Gasteiger partial charge is 0.392 e. The molecule has 0 radical (unpaired) electrons. The van der Waals surface area contributed by atoms with Gasteiger partial charge in [0.2, 0.25) is 5.91 Å². The second-order valence-electron chi connectivity index (χ2n) is 6.02. The molecule has 1 unspecified atom stereocenters. The van der Waals surface area contributed by atoms with Crippen LogP contribution in [0.4, 0.5) is 0 Å². The molecule has 0 aromatic heterocycles. The zero-order valence-corrected chi connectivity index (χ0v) is 12.8. The number of hydrogen-bond acceptors (Lipinski definition) is 3. The van der Waals surface area contributed by atoms with Crippen molar-refractivity contribution < 1.29 is 9.90 Å². The van der Waals surface area contributed by atoms with E-state index < -0.39 is 0 Å². The van der Waals surface area contributed by atoms with Gasteiger partial charge in [-0.25, -0.2) is 0 Å². The fourth-order valence-electron chi connectivity index (χ4n) is 2.98. The Hall–Kier alpha value is -1.39. The lowest BCUT2D eigenvalue weighted by Crippen LogP contribution is -2.33. The number of nitrogens with one attached hydrogen (secondary N) is 2. The van der Waals surface area contributed by atoms with Gasteiger partial charge in [0.05, 0.1) is 6.61 Å². The molecular formula is C17H26N2O2. The first-order valence-electron chi connectivity index (χ1n) is 7.85. The van der Waals surface area contributed by atoms with Crippen LogP contribution in [0.25, 0.3) is 0 Å². The molecule has 1 atom stereocenters. The van der Waals surface area contributed by atoms with E-state index in [1.54, 1.807) is 0 Å². The third-order valence-electron chi connectivity index (χ3n) is 4.36. The molecule has 0 bridgehead atoms. The quantitative estimate of drug-likeness (QED) is 0.749. The summed E-state index contributed by atoms with van der Waals surface area (Å²) in [5, 5.41) is 15.5. The maximum absolute atomic E-state index is 12.0. The summed E-state index contributed by atoms with van der Waals surface area (Å²) in [5.41, 5.74) is 1.91. The van der Waals surface area contributed by atoms with Crippen molar-refractivity contribution in [1.29, 1.82) is 0 Å². The Labute approximate surface area is 126 Å². The summed E-state index contributed by atoms with van der Waals surface area (Å²) in [7, 11) is 0. The van der Waals surface area contributed by atoms with Gasteiger partial charge in [0, 0.05) is 13.0 Å². The molecule has 2 rings (SSSR count). The van der Waals surface area contributed by atoms with Crippen LogP contribution in [0.1, 0.15) is 37.3 Å². The summed E-state index contributed by atoms with van der Waals surface area (Å²) in [6.45, 7) is 4.90. The van der Waals surface area contributed by atoms with E-state index in [0.29, 0.717) is 24.8 Å². The number of benzene rings is 1. The van der Waals surface area contributed by atoms with Gasteiger partial charge in [0.25, 0.3) is 0 Å². The van der Waals surface area contributed by atoms with Crippen LogP contribution in [-0.2, 0) is 17.9 Å². The van der Waals surface area contributed by atoms with Crippen molar-refractivity contribution in [2.45, 2.75) is 39.3 Å². The number of piperidine rings is 1. The molecule has 1 aliphatic heterocycles. The summed E-state index contributed by atoms with van der Waals surface area (Å²) in [5.74, 6) is 1.22. The number of amides is 1. The van der Waals surface area contributed by atoms with Crippen LogP contribution in [0.3, 0.4) is 0 Å². The minimum Gasteiger partial charge on any atom is -0.392 e. The van der Waals surface area contributed by atoms with E-state index in [9.17, 15) is 4.79 Å². The standard InChI is InChI=1S/C17H26N2O2/c1-13(16-5-7-18-8-6-16)9-17(21)19-11-14-3-2-4-15(10-14)12-20/h2-4,10,13,16,18,20H,5-9,11-12H2,1H3,(H,19,21). The molecule has 21 heavy (non-hydrogen) atoms. The van der Waals surface area contributed by atoms with Crippen LogP contribution in [0.2, 0.25) is 0 Å². The molecule has 1 aromatic carbocycles. The molecule has 1 amide bonds. The van der Waals surface area contributed by atoms with Crippen LogP contribution in [-0.4, -0.2) is 24.1 Å². The van der Waals surface area contributed by atoms with Crippen LogP contribution in [0, 0.1) is 11.8 Å². The van der Waals surface area contributed by atoms with Gasteiger partial charge in [-0.3, -0.25) is 4.79 Å². The normalized spacial score (nSPS) is 17.4. The molecule has 0 saturated carbocycles. The first-order valence-corrected chi connectivity index (χ1v) is 7.85. The molecule has 1 heterocycles. The van der Waals surface area contributed by atoms with Gasteiger partial charge in [-0.05, 0) is 48.9 Å². The van der Waals surface area contributed by atoms with E-state index in [4.69, 9.17) is 5.11 Å². The van der Waals surface area contributed by atoms with Crippen LogP contribution < -0.4 is 10.6 Å². The van der Waals surface area contributed by atoms with Gasteiger partial charge in [0.1, 0.15) is 0 Å². The van der Waals surface area contributed by atoms with Crippen molar-refractivity contribution in [3.8, 4) is 0 Å². The van der Waals surface area contributed by atoms with Crippen molar-refractivity contribution in [3.63, 3.8) is 0 Å². The molecule has 3 N–H and O–H groups in total. The summed E-state index contributed by atoms with van der Waals surface area (Å²) in [6, 6.07) is 7.68. The van der Waals surface area contributed by atoms with Crippen LogP contribution in [0.15, 0.2) is 24.3 Å². The zero-order chi connectivity index (χ0) is 15.1. The second kappa shape index (κ2) is 8.15. The van der Waals surface area contributed by atoms with Gasteiger partial charge >= 0.3 is 0 Å². The highest BCUT2D eigenvalue weighted by molar-refractivity contribution is 5.76. The lowest BCUT2D eigenvalue weighted by Gasteiger charge is -2.27. The Balaban J connectivity index is 1.75. The third-order valence-corrected chi connectivity index (χ3v) is 4.36. The lowest BCUT2D eigenvalue weighted by molar-refractivity contribution is -0.122. The average molecular weight is 290 g/mol. The Morgan fingerprint density at radius 3 is 2.81 bits per heavy atom. The summed E-state index contributed by atoms with van der Waals surface area (Å²) in [6.07, 6.45) is 2.95. The highest BCUT2D eigenvalue weighted by atomic mass is 16.3. The fraction of sp³-hybridized carbons (Fsp3) is 0.588. The summed E-state index contributed by atoms with van der Waals surface area (Å²) >= 11 is 0. The SMILES string of the molecule is CC(CC(=O)NCc1cccc(CO)c1)C1CCNCC1. The van der Waals surface area contributed by atoms with E-state index in [-0.39, 0.29) is 12.5 Å². The third kappa shape index (κ3) is 5.14. The molecule has 0 spiro atoms. The molecule has 1 saturated heterocycles. The van der Waals surface area contributed by atoms with Crippen molar-refractivity contribution in [1.82, 2.24) is 10.6 Å². The lowest BCUT2D eigenvalue weighted by atomic mass is 9.84.